The zero-order chi connectivity index (χ0) is 17.6. The van der Waals surface area contributed by atoms with Crippen molar-refractivity contribution in [3.63, 3.8) is 0 Å². The normalized spacial score (nSPS) is 20.6. The topological polar surface area (TPSA) is 32.8 Å². The van der Waals surface area contributed by atoms with Crippen LogP contribution in [0.1, 0.15) is 50.2 Å². The van der Waals surface area contributed by atoms with Gasteiger partial charge in [0, 0.05) is 51.4 Å². The van der Waals surface area contributed by atoms with Crippen LogP contribution in [0.4, 0.5) is 0 Å². The molecule has 0 aliphatic carbocycles. The van der Waals surface area contributed by atoms with Gasteiger partial charge in [-0.2, -0.15) is 0 Å². The van der Waals surface area contributed by atoms with Gasteiger partial charge in [0.1, 0.15) is 0 Å². The number of aryl methyl sites for hydroxylation is 1. The van der Waals surface area contributed by atoms with Gasteiger partial charge in [0.25, 0.3) is 0 Å². The summed E-state index contributed by atoms with van der Waals surface area (Å²) in [6.07, 6.45) is 4.79. The maximum atomic E-state index is 12.6. The molecule has 4 heteroatoms. The van der Waals surface area contributed by atoms with E-state index in [2.05, 4.69) is 41.0 Å². The number of ether oxygens (including phenoxy) is 1. The molecular formula is C21H32N2O2. The van der Waals surface area contributed by atoms with E-state index < -0.39 is 0 Å². The number of rotatable bonds is 5. The molecule has 0 radical (unpaired) electrons. The van der Waals surface area contributed by atoms with Gasteiger partial charge in [0.05, 0.1) is 0 Å². The summed E-state index contributed by atoms with van der Waals surface area (Å²) in [6.45, 7) is 8.89. The Morgan fingerprint density at radius 3 is 2.28 bits per heavy atom. The minimum Gasteiger partial charge on any atom is -0.381 e. The van der Waals surface area contributed by atoms with Crippen LogP contribution in [0.2, 0.25) is 0 Å². The standard InChI is InChI=1S/C21H32N2O2/c1-3-21(24)23(20-10-14-25-15-11-20)19-8-12-22(13-9-19)16-18-6-4-17(2)5-7-18/h4-7,19-20H,3,8-16H2,1-2H3. The van der Waals surface area contributed by atoms with Gasteiger partial charge in [0.15, 0.2) is 0 Å². The Morgan fingerprint density at radius 1 is 1.08 bits per heavy atom. The highest BCUT2D eigenvalue weighted by atomic mass is 16.5. The maximum absolute atomic E-state index is 12.6. The Balaban J connectivity index is 1.56. The molecule has 4 nitrogen and oxygen atoms in total. The Labute approximate surface area is 152 Å². The first-order chi connectivity index (χ1) is 12.2. The van der Waals surface area contributed by atoms with E-state index in [0.29, 0.717) is 24.4 Å². The molecule has 1 aromatic carbocycles. The van der Waals surface area contributed by atoms with Crippen LogP contribution in [0.25, 0.3) is 0 Å². The molecule has 0 bridgehead atoms. The number of carbonyl (C=O) groups excluding carboxylic acids is 1. The van der Waals surface area contributed by atoms with E-state index in [-0.39, 0.29) is 0 Å². The zero-order valence-electron chi connectivity index (χ0n) is 15.7. The molecule has 2 heterocycles. The second-order valence-corrected chi connectivity index (χ2v) is 7.49. The number of carbonyl (C=O) groups is 1. The van der Waals surface area contributed by atoms with Gasteiger partial charge in [-0.25, -0.2) is 0 Å². The summed E-state index contributed by atoms with van der Waals surface area (Å²) < 4.78 is 5.50. The molecular weight excluding hydrogens is 312 g/mol. The predicted molar refractivity (Wildman–Crippen MR) is 100 cm³/mol. The number of amides is 1. The summed E-state index contributed by atoms with van der Waals surface area (Å²) in [7, 11) is 0. The molecule has 1 amide bonds. The molecule has 0 aromatic heterocycles. The number of hydrogen-bond donors (Lipinski definition) is 0. The van der Waals surface area contributed by atoms with Gasteiger partial charge in [0.2, 0.25) is 5.91 Å². The van der Waals surface area contributed by atoms with Crippen LogP contribution in [0.5, 0.6) is 0 Å². The van der Waals surface area contributed by atoms with E-state index in [1.54, 1.807) is 0 Å². The second kappa shape index (κ2) is 8.81. The van der Waals surface area contributed by atoms with Gasteiger partial charge in [-0.3, -0.25) is 9.69 Å². The number of piperidine rings is 1. The van der Waals surface area contributed by atoms with E-state index in [4.69, 9.17) is 4.74 Å². The summed E-state index contributed by atoms with van der Waals surface area (Å²) in [4.78, 5) is 17.3. The van der Waals surface area contributed by atoms with Crippen LogP contribution >= 0.6 is 0 Å². The van der Waals surface area contributed by atoms with Crippen LogP contribution in [-0.2, 0) is 16.1 Å². The van der Waals surface area contributed by atoms with Crippen molar-refractivity contribution in [3.8, 4) is 0 Å². The third-order valence-corrected chi connectivity index (χ3v) is 5.65. The zero-order valence-corrected chi connectivity index (χ0v) is 15.7. The van der Waals surface area contributed by atoms with Crippen LogP contribution in [-0.4, -0.2) is 54.1 Å². The first kappa shape index (κ1) is 18.4. The monoisotopic (exact) mass is 344 g/mol. The molecule has 0 atom stereocenters. The van der Waals surface area contributed by atoms with Gasteiger partial charge in [-0.1, -0.05) is 36.8 Å². The van der Waals surface area contributed by atoms with Crippen molar-refractivity contribution in [2.45, 2.75) is 64.6 Å². The summed E-state index contributed by atoms with van der Waals surface area (Å²) in [5.74, 6) is 0.323. The average molecular weight is 344 g/mol. The van der Waals surface area contributed by atoms with E-state index in [0.717, 1.165) is 58.5 Å². The van der Waals surface area contributed by atoms with Crippen molar-refractivity contribution >= 4 is 5.91 Å². The minimum atomic E-state index is 0.323. The summed E-state index contributed by atoms with van der Waals surface area (Å²) >= 11 is 0. The van der Waals surface area contributed by atoms with Crippen LogP contribution in [0, 0.1) is 6.92 Å². The van der Waals surface area contributed by atoms with Gasteiger partial charge in [-0.05, 0) is 38.2 Å². The van der Waals surface area contributed by atoms with Crippen LogP contribution in [0.3, 0.4) is 0 Å². The molecule has 0 unspecified atom stereocenters. The van der Waals surface area contributed by atoms with Gasteiger partial charge >= 0.3 is 0 Å². The molecule has 2 aliphatic heterocycles. The lowest BCUT2D eigenvalue weighted by atomic mass is 9.97. The molecule has 2 aliphatic rings. The molecule has 25 heavy (non-hydrogen) atoms. The molecule has 2 saturated heterocycles. The van der Waals surface area contributed by atoms with Gasteiger partial charge in [-0.15, -0.1) is 0 Å². The van der Waals surface area contributed by atoms with Gasteiger partial charge < -0.3 is 9.64 Å². The number of benzene rings is 1. The summed E-state index contributed by atoms with van der Waals surface area (Å²) in [6, 6.07) is 9.64. The van der Waals surface area contributed by atoms with Crippen molar-refractivity contribution in [1.29, 1.82) is 0 Å². The summed E-state index contributed by atoms with van der Waals surface area (Å²) in [5.41, 5.74) is 2.70. The van der Waals surface area contributed by atoms with Crippen molar-refractivity contribution in [3.05, 3.63) is 35.4 Å². The predicted octanol–water partition coefficient (Wildman–Crippen LogP) is 3.38. The molecule has 2 fully saturated rings. The average Bonchev–Trinajstić information content (AvgIpc) is 2.66. The Morgan fingerprint density at radius 2 is 1.68 bits per heavy atom. The van der Waals surface area contributed by atoms with Crippen molar-refractivity contribution in [1.82, 2.24) is 9.80 Å². The number of hydrogen-bond acceptors (Lipinski definition) is 3. The molecule has 3 rings (SSSR count). The van der Waals surface area contributed by atoms with Crippen LogP contribution in [0.15, 0.2) is 24.3 Å². The fraction of sp³-hybridized carbons (Fsp3) is 0.667. The van der Waals surface area contributed by atoms with E-state index in [1.165, 1.54) is 11.1 Å². The van der Waals surface area contributed by atoms with Crippen molar-refractivity contribution < 1.29 is 9.53 Å². The highest BCUT2D eigenvalue weighted by Gasteiger charge is 2.33. The third kappa shape index (κ3) is 4.83. The third-order valence-electron chi connectivity index (χ3n) is 5.65. The first-order valence-corrected chi connectivity index (χ1v) is 9.84. The smallest absolute Gasteiger partial charge is 0.222 e. The largest absolute Gasteiger partial charge is 0.381 e. The summed E-state index contributed by atoms with van der Waals surface area (Å²) in [5, 5.41) is 0. The Bertz CT molecular complexity index is 544. The van der Waals surface area contributed by atoms with Crippen molar-refractivity contribution in [2.75, 3.05) is 26.3 Å². The quantitative estimate of drug-likeness (QED) is 0.821. The highest BCUT2D eigenvalue weighted by Crippen LogP contribution is 2.25. The minimum absolute atomic E-state index is 0.323. The molecule has 0 spiro atoms. The second-order valence-electron chi connectivity index (χ2n) is 7.49. The lowest BCUT2D eigenvalue weighted by molar-refractivity contribution is -0.139. The highest BCUT2D eigenvalue weighted by molar-refractivity contribution is 5.76. The fourth-order valence-corrected chi connectivity index (χ4v) is 4.16. The molecule has 0 saturated carbocycles. The SMILES string of the molecule is CCC(=O)N(C1CCOCC1)C1CCN(Cc2ccc(C)cc2)CC1. The lowest BCUT2D eigenvalue weighted by Crippen LogP contribution is -2.52. The number of nitrogens with zero attached hydrogens (tertiary/aromatic N) is 2. The molecule has 0 N–H and O–H groups in total. The van der Waals surface area contributed by atoms with Crippen molar-refractivity contribution in [2.24, 2.45) is 0 Å². The lowest BCUT2D eigenvalue weighted by Gasteiger charge is -2.43. The van der Waals surface area contributed by atoms with E-state index >= 15 is 0 Å². The maximum Gasteiger partial charge on any atom is 0.222 e. The Hall–Kier alpha value is -1.39. The fourth-order valence-electron chi connectivity index (χ4n) is 4.16. The molecule has 1 aromatic rings. The van der Waals surface area contributed by atoms with Crippen LogP contribution < -0.4 is 0 Å². The number of likely N-dealkylation sites (tertiary alicyclic amines) is 1. The van der Waals surface area contributed by atoms with E-state index in [1.807, 2.05) is 6.92 Å². The first-order valence-electron chi connectivity index (χ1n) is 9.84. The molecule has 138 valence electrons. The van der Waals surface area contributed by atoms with E-state index in [9.17, 15) is 4.79 Å². The Kier molecular flexibility index (Phi) is 6.49.